The molecule has 0 bridgehead atoms. The molecule has 2 atom stereocenters. The van der Waals surface area contributed by atoms with Gasteiger partial charge >= 0.3 is 6.09 Å². The average Bonchev–Trinajstić information content (AvgIpc) is 2.82. The Balaban J connectivity index is 2.22. The highest BCUT2D eigenvalue weighted by Gasteiger charge is 2.50. The number of likely N-dealkylation sites (tertiary alicyclic amines) is 1. The summed E-state index contributed by atoms with van der Waals surface area (Å²) in [6.07, 6.45) is -0.812. The third-order valence-electron chi connectivity index (χ3n) is 3.89. The molecule has 27 heavy (non-hydrogen) atoms. The van der Waals surface area contributed by atoms with Crippen molar-refractivity contribution in [1.82, 2.24) is 14.8 Å². The fourth-order valence-corrected chi connectivity index (χ4v) is 3.40. The highest BCUT2D eigenvalue weighted by molar-refractivity contribution is 9.10. The standard InChI is InChI=1S/C18H26BrFN4O3/c1-17(2,3)27-16(26)24-11-18(20,10-23(4)5)9-12(24)15(25)22-14-8-6-7-13(19)21-14/h6-8,12H,9-11H2,1-5H3,(H,21,22,25). The second-order valence-corrected chi connectivity index (χ2v) is 8.86. The number of nitrogens with one attached hydrogen (secondary N) is 1. The number of ether oxygens (including phenoxy) is 1. The Hall–Kier alpha value is -1.74. The van der Waals surface area contributed by atoms with Crippen LogP contribution in [0.25, 0.3) is 0 Å². The van der Waals surface area contributed by atoms with E-state index in [4.69, 9.17) is 4.74 Å². The van der Waals surface area contributed by atoms with Gasteiger partial charge in [-0.25, -0.2) is 14.2 Å². The lowest BCUT2D eigenvalue weighted by Crippen LogP contribution is -2.46. The fourth-order valence-electron chi connectivity index (χ4n) is 3.05. The van der Waals surface area contributed by atoms with Crippen LogP contribution in [0.4, 0.5) is 15.0 Å². The minimum atomic E-state index is -1.70. The number of pyridine rings is 1. The number of amides is 2. The van der Waals surface area contributed by atoms with Gasteiger partial charge in [-0.15, -0.1) is 0 Å². The van der Waals surface area contributed by atoms with E-state index in [0.717, 1.165) is 0 Å². The van der Waals surface area contributed by atoms with E-state index in [1.165, 1.54) is 4.90 Å². The van der Waals surface area contributed by atoms with Crippen LogP contribution in [-0.4, -0.2) is 71.3 Å². The number of nitrogens with zero attached hydrogens (tertiary/aromatic N) is 3. The van der Waals surface area contributed by atoms with E-state index in [0.29, 0.717) is 10.4 Å². The molecule has 2 rings (SSSR count). The van der Waals surface area contributed by atoms with E-state index in [9.17, 15) is 9.59 Å². The summed E-state index contributed by atoms with van der Waals surface area (Å²) in [5, 5.41) is 2.65. The number of alkyl halides is 1. The highest BCUT2D eigenvalue weighted by atomic mass is 79.9. The van der Waals surface area contributed by atoms with Gasteiger partial charge in [-0.3, -0.25) is 9.69 Å². The van der Waals surface area contributed by atoms with E-state index < -0.39 is 29.3 Å². The normalized spacial score (nSPS) is 22.8. The Morgan fingerprint density at radius 1 is 1.44 bits per heavy atom. The maximum absolute atomic E-state index is 15.3. The maximum atomic E-state index is 15.3. The number of rotatable bonds is 4. The van der Waals surface area contributed by atoms with Crippen molar-refractivity contribution in [2.45, 2.75) is 44.5 Å². The minimum Gasteiger partial charge on any atom is -0.444 e. The molecule has 0 aromatic carbocycles. The first-order valence-electron chi connectivity index (χ1n) is 8.65. The second kappa shape index (κ2) is 8.10. The van der Waals surface area contributed by atoms with E-state index in [1.807, 2.05) is 0 Å². The summed E-state index contributed by atoms with van der Waals surface area (Å²) >= 11 is 3.24. The van der Waals surface area contributed by atoms with Crippen LogP contribution in [0.1, 0.15) is 27.2 Å². The maximum Gasteiger partial charge on any atom is 0.411 e. The molecular weight excluding hydrogens is 419 g/mol. The zero-order chi connectivity index (χ0) is 20.4. The molecule has 2 unspecified atom stereocenters. The van der Waals surface area contributed by atoms with Gasteiger partial charge in [-0.1, -0.05) is 6.07 Å². The number of aromatic nitrogens is 1. The van der Waals surface area contributed by atoms with Crippen LogP contribution >= 0.6 is 15.9 Å². The first kappa shape index (κ1) is 21.6. The van der Waals surface area contributed by atoms with Crippen molar-refractivity contribution in [2.24, 2.45) is 0 Å². The molecule has 0 saturated carbocycles. The Morgan fingerprint density at radius 3 is 2.67 bits per heavy atom. The third-order valence-corrected chi connectivity index (χ3v) is 4.33. The molecule has 0 spiro atoms. The molecule has 9 heteroatoms. The number of carbonyl (C=O) groups excluding carboxylic acids is 2. The van der Waals surface area contributed by atoms with Gasteiger partial charge in [-0.05, 0) is 62.9 Å². The van der Waals surface area contributed by atoms with Crippen LogP contribution in [0.5, 0.6) is 0 Å². The monoisotopic (exact) mass is 444 g/mol. The van der Waals surface area contributed by atoms with Crippen molar-refractivity contribution in [3.8, 4) is 0 Å². The molecule has 1 aromatic heterocycles. The van der Waals surface area contributed by atoms with Crippen molar-refractivity contribution in [1.29, 1.82) is 0 Å². The summed E-state index contributed by atoms with van der Waals surface area (Å²) in [6.45, 7) is 5.08. The molecule has 1 aromatic rings. The predicted molar refractivity (Wildman–Crippen MR) is 104 cm³/mol. The zero-order valence-electron chi connectivity index (χ0n) is 16.3. The van der Waals surface area contributed by atoms with Crippen LogP contribution in [0.3, 0.4) is 0 Å². The number of carbonyl (C=O) groups is 2. The summed E-state index contributed by atoms with van der Waals surface area (Å²) in [6, 6.07) is 4.09. The molecule has 1 N–H and O–H groups in total. The number of anilines is 1. The van der Waals surface area contributed by atoms with Gasteiger partial charge in [0.2, 0.25) is 5.91 Å². The predicted octanol–water partition coefficient (Wildman–Crippen LogP) is 3.06. The van der Waals surface area contributed by atoms with Crippen LogP contribution in [0.2, 0.25) is 0 Å². The highest BCUT2D eigenvalue weighted by Crippen LogP contribution is 2.33. The molecule has 0 aliphatic carbocycles. The van der Waals surface area contributed by atoms with E-state index >= 15 is 4.39 Å². The SMILES string of the molecule is CN(C)CC1(F)CC(C(=O)Nc2cccc(Br)n2)N(C(=O)OC(C)(C)C)C1. The lowest BCUT2D eigenvalue weighted by molar-refractivity contribution is -0.120. The summed E-state index contributed by atoms with van der Waals surface area (Å²) in [5.74, 6) is -0.174. The van der Waals surface area contributed by atoms with Crippen molar-refractivity contribution in [3.63, 3.8) is 0 Å². The van der Waals surface area contributed by atoms with Crippen LogP contribution < -0.4 is 5.32 Å². The van der Waals surface area contributed by atoms with Gasteiger partial charge in [0.1, 0.15) is 27.7 Å². The molecular formula is C18H26BrFN4O3. The summed E-state index contributed by atoms with van der Waals surface area (Å²) in [4.78, 5) is 32.4. The zero-order valence-corrected chi connectivity index (χ0v) is 17.8. The first-order valence-corrected chi connectivity index (χ1v) is 9.44. The topological polar surface area (TPSA) is 74.8 Å². The van der Waals surface area contributed by atoms with E-state index in [-0.39, 0.29) is 19.5 Å². The molecule has 7 nitrogen and oxygen atoms in total. The minimum absolute atomic E-state index is 0.102. The van der Waals surface area contributed by atoms with E-state index in [2.05, 4.69) is 26.2 Å². The van der Waals surface area contributed by atoms with Crippen molar-refractivity contribution in [3.05, 3.63) is 22.8 Å². The van der Waals surface area contributed by atoms with Crippen molar-refractivity contribution >= 4 is 33.7 Å². The van der Waals surface area contributed by atoms with Gasteiger partial charge in [0.25, 0.3) is 0 Å². The van der Waals surface area contributed by atoms with Gasteiger partial charge in [-0.2, -0.15) is 0 Å². The largest absolute Gasteiger partial charge is 0.444 e. The Labute approximate surface area is 167 Å². The fraction of sp³-hybridized carbons (Fsp3) is 0.611. The number of halogens is 2. The molecule has 1 aliphatic rings. The van der Waals surface area contributed by atoms with Crippen molar-refractivity contribution in [2.75, 3.05) is 32.5 Å². The number of hydrogen-bond donors (Lipinski definition) is 1. The Kier molecular flexibility index (Phi) is 6.47. The molecule has 150 valence electrons. The van der Waals surface area contributed by atoms with Gasteiger partial charge in [0.15, 0.2) is 0 Å². The van der Waals surface area contributed by atoms with Crippen LogP contribution in [0, 0.1) is 0 Å². The van der Waals surface area contributed by atoms with Crippen LogP contribution in [0.15, 0.2) is 22.8 Å². The lowest BCUT2D eigenvalue weighted by atomic mass is 10.0. The molecule has 0 radical (unpaired) electrons. The van der Waals surface area contributed by atoms with Gasteiger partial charge in [0, 0.05) is 13.0 Å². The summed E-state index contributed by atoms with van der Waals surface area (Å²) < 4.78 is 21.3. The second-order valence-electron chi connectivity index (χ2n) is 8.05. The molecule has 1 fully saturated rings. The van der Waals surface area contributed by atoms with Gasteiger partial charge in [0.05, 0.1) is 6.54 Å². The smallest absolute Gasteiger partial charge is 0.411 e. The quantitative estimate of drug-likeness (QED) is 0.722. The average molecular weight is 445 g/mol. The van der Waals surface area contributed by atoms with Gasteiger partial charge < -0.3 is 15.0 Å². The Morgan fingerprint density at radius 2 is 2.11 bits per heavy atom. The van der Waals surface area contributed by atoms with E-state index in [1.54, 1.807) is 58.0 Å². The third kappa shape index (κ3) is 6.14. The summed E-state index contributed by atoms with van der Waals surface area (Å²) in [5.41, 5.74) is -2.44. The van der Waals surface area contributed by atoms with Crippen LogP contribution in [-0.2, 0) is 9.53 Å². The molecule has 1 aliphatic heterocycles. The number of hydrogen-bond acceptors (Lipinski definition) is 5. The lowest BCUT2D eigenvalue weighted by Gasteiger charge is -2.28. The van der Waals surface area contributed by atoms with Crippen molar-refractivity contribution < 1.29 is 18.7 Å². The first-order chi connectivity index (χ1) is 12.4. The summed E-state index contributed by atoms with van der Waals surface area (Å²) in [7, 11) is 3.50. The molecule has 2 amide bonds. The molecule has 2 heterocycles. The Bertz CT molecular complexity index is 710. The molecule has 1 saturated heterocycles.